The maximum atomic E-state index is 12.1. The van der Waals surface area contributed by atoms with Crippen LogP contribution in [0.1, 0.15) is 5.56 Å². The first-order valence-corrected chi connectivity index (χ1v) is 8.63. The predicted molar refractivity (Wildman–Crippen MR) is 110 cm³/mol. The van der Waals surface area contributed by atoms with Crippen LogP contribution in [0.25, 0.3) is 0 Å². The van der Waals surface area contributed by atoms with Crippen LogP contribution in [0.5, 0.6) is 28.7 Å². The zero-order chi connectivity index (χ0) is 22.1. The van der Waals surface area contributed by atoms with Crippen molar-refractivity contribution in [3.63, 3.8) is 0 Å². The average Bonchev–Trinajstić information content (AvgIpc) is 2.78. The van der Waals surface area contributed by atoms with Crippen molar-refractivity contribution in [3.8, 4) is 28.7 Å². The van der Waals surface area contributed by atoms with Crippen molar-refractivity contribution >= 4 is 23.7 Å². The molecule has 0 aliphatic rings. The maximum Gasteiger partial charge on any atom is 0.329 e. The van der Waals surface area contributed by atoms with Crippen molar-refractivity contribution in [3.05, 3.63) is 35.9 Å². The highest BCUT2D eigenvalue weighted by Crippen LogP contribution is 2.37. The first-order chi connectivity index (χ1) is 14.5. The van der Waals surface area contributed by atoms with Crippen LogP contribution in [0.2, 0.25) is 0 Å². The Morgan fingerprint density at radius 2 is 1.43 bits per heavy atom. The van der Waals surface area contributed by atoms with E-state index in [-0.39, 0.29) is 0 Å². The lowest BCUT2D eigenvalue weighted by Crippen LogP contribution is -2.32. The molecule has 0 unspecified atom stereocenters. The summed E-state index contributed by atoms with van der Waals surface area (Å²) in [7, 11) is 7.40. The van der Waals surface area contributed by atoms with Gasteiger partial charge in [0.15, 0.2) is 11.5 Å². The highest BCUT2D eigenvalue weighted by atomic mass is 16.5. The lowest BCUT2D eigenvalue weighted by atomic mass is 10.2. The van der Waals surface area contributed by atoms with Crippen molar-refractivity contribution < 1.29 is 33.3 Å². The molecule has 0 saturated carbocycles. The average molecular weight is 417 g/mol. The number of amides is 2. The summed E-state index contributed by atoms with van der Waals surface area (Å²) in [4.78, 5) is 24.2. The second-order valence-corrected chi connectivity index (χ2v) is 5.68. The molecule has 2 N–H and O–H groups in total. The molecule has 0 radical (unpaired) electrons. The fourth-order valence-corrected chi connectivity index (χ4v) is 2.47. The van der Waals surface area contributed by atoms with Gasteiger partial charge in [0.05, 0.1) is 47.5 Å². The molecule has 0 aliphatic heterocycles. The Morgan fingerprint density at radius 3 is 1.97 bits per heavy atom. The van der Waals surface area contributed by atoms with Crippen LogP contribution in [-0.4, -0.2) is 53.6 Å². The van der Waals surface area contributed by atoms with E-state index in [2.05, 4.69) is 15.8 Å². The number of ether oxygens (including phenoxy) is 5. The second kappa shape index (κ2) is 10.6. The Morgan fingerprint density at radius 1 is 0.800 bits per heavy atom. The minimum Gasteiger partial charge on any atom is -0.497 e. The zero-order valence-electron chi connectivity index (χ0n) is 17.3. The van der Waals surface area contributed by atoms with Crippen LogP contribution in [-0.2, 0) is 9.59 Å². The van der Waals surface area contributed by atoms with Crippen molar-refractivity contribution in [2.24, 2.45) is 5.10 Å². The highest BCUT2D eigenvalue weighted by molar-refractivity contribution is 6.39. The SMILES string of the molecule is COc1ccc(NC(=O)C(=O)N/N=C\c2cc(OC)c(OC)c(OC)c2)c(OC)c1. The summed E-state index contributed by atoms with van der Waals surface area (Å²) in [5.41, 5.74) is 3.02. The van der Waals surface area contributed by atoms with Gasteiger partial charge in [-0.1, -0.05) is 0 Å². The molecular weight excluding hydrogens is 394 g/mol. The summed E-state index contributed by atoms with van der Waals surface area (Å²) in [6, 6.07) is 8.04. The van der Waals surface area contributed by atoms with Gasteiger partial charge >= 0.3 is 11.8 Å². The van der Waals surface area contributed by atoms with Gasteiger partial charge in [-0.05, 0) is 24.3 Å². The Hall–Kier alpha value is -3.95. The fourth-order valence-electron chi connectivity index (χ4n) is 2.47. The first kappa shape index (κ1) is 22.3. The molecule has 10 nitrogen and oxygen atoms in total. The third kappa shape index (κ3) is 5.31. The van der Waals surface area contributed by atoms with Crippen LogP contribution in [0.3, 0.4) is 0 Å². The molecule has 2 aromatic carbocycles. The lowest BCUT2D eigenvalue weighted by Gasteiger charge is -2.12. The molecule has 0 spiro atoms. The molecule has 2 rings (SSSR count). The van der Waals surface area contributed by atoms with Crippen molar-refractivity contribution in [2.75, 3.05) is 40.9 Å². The van der Waals surface area contributed by atoms with Crippen molar-refractivity contribution in [1.29, 1.82) is 0 Å². The van der Waals surface area contributed by atoms with Gasteiger partial charge in [-0.2, -0.15) is 5.10 Å². The van der Waals surface area contributed by atoms with Gasteiger partial charge in [-0.15, -0.1) is 0 Å². The molecule has 160 valence electrons. The quantitative estimate of drug-likeness (QED) is 0.382. The Balaban J connectivity index is 2.07. The van der Waals surface area contributed by atoms with E-state index >= 15 is 0 Å². The molecule has 0 saturated heterocycles. The van der Waals surface area contributed by atoms with Gasteiger partial charge in [0.1, 0.15) is 11.5 Å². The van der Waals surface area contributed by atoms with Gasteiger partial charge in [-0.3, -0.25) is 9.59 Å². The van der Waals surface area contributed by atoms with Crippen LogP contribution in [0.4, 0.5) is 5.69 Å². The van der Waals surface area contributed by atoms with Gasteiger partial charge in [0.25, 0.3) is 0 Å². The maximum absolute atomic E-state index is 12.1. The van der Waals surface area contributed by atoms with Gasteiger partial charge in [0, 0.05) is 11.6 Å². The number of hydrogen-bond acceptors (Lipinski definition) is 8. The third-order valence-corrected chi connectivity index (χ3v) is 3.93. The standard InChI is InChI=1S/C20H23N3O7/c1-26-13-6-7-14(15(10-13)27-2)22-19(24)20(25)23-21-11-12-8-16(28-3)18(30-5)17(9-12)29-4/h6-11H,1-5H3,(H,22,24)(H,23,25)/b21-11-. The van der Waals surface area contributed by atoms with E-state index in [9.17, 15) is 9.59 Å². The summed E-state index contributed by atoms with van der Waals surface area (Å²) in [5, 5.41) is 6.24. The highest BCUT2D eigenvalue weighted by Gasteiger charge is 2.16. The van der Waals surface area contributed by atoms with Crippen LogP contribution < -0.4 is 34.4 Å². The van der Waals surface area contributed by atoms with E-state index in [1.54, 1.807) is 30.3 Å². The van der Waals surface area contributed by atoms with E-state index in [0.717, 1.165) is 0 Å². The zero-order valence-corrected chi connectivity index (χ0v) is 17.3. The minimum atomic E-state index is -0.962. The number of nitrogens with one attached hydrogen (secondary N) is 2. The molecule has 0 bridgehead atoms. The van der Waals surface area contributed by atoms with E-state index in [1.807, 2.05) is 0 Å². The van der Waals surface area contributed by atoms with Gasteiger partial charge in [0.2, 0.25) is 5.75 Å². The van der Waals surface area contributed by atoms with Gasteiger partial charge < -0.3 is 29.0 Å². The van der Waals surface area contributed by atoms with Gasteiger partial charge in [-0.25, -0.2) is 5.43 Å². The Bertz CT molecular complexity index is 919. The smallest absolute Gasteiger partial charge is 0.329 e. The molecule has 0 aliphatic carbocycles. The van der Waals surface area contributed by atoms with Crippen LogP contribution in [0, 0.1) is 0 Å². The topological polar surface area (TPSA) is 117 Å². The lowest BCUT2D eigenvalue weighted by molar-refractivity contribution is -0.136. The monoisotopic (exact) mass is 417 g/mol. The molecule has 2 aromatic rings. The summed E-state index contributed by atoms with van der Waals surface area (Å²) in [6.45, 7) is 0. The van der Waals surface area contributed by atoms with Crippen LogP contribution >= 0.6 is 0 Å². The summed E-state index contributed by atoms with van der Waals surface area (Å²) in [5.74, 6) is 0.287. The number of anilines is 1. The van der Waals surface area contributed by atoms with E-state index in [1.165, 1.54) is 41.8 Å². The number of nitrogens with zero attached hydrogens (tertiary/aromatic N) is 1. The molecule has 0 heterocycles. The molecular formula is C20H23N3O7. The third-order valence-electron chi connectivity index (χ3n) is 3.93. The molecule has 0 fully saturated rings. The number of methoxy groups -OCH3 is 5. The largest absolute Gasteiger partial charge is 0.497 e. The fraction of sp³-hybridized carbons (Fsp3) is 0.250. The van der Waals surface area contributed by atoms with E-state index in [0.29, 0.717) is 40.0 Å². The number of hydrazone groups is 1. The molecule has 0 atom stereocenters. The van der Waals surface area contributed by atoms with E-state index in [4.69, 9.17) is 23.7 Å². The Kier molecular flexibility index (Phi) is 7.86. The summed E-state index contributed by atoms with van der Waals surface area (Å²) >= 11 is 0. The van der Waals surface area contributed by atoms with Crippen molar-refractivity contribution in [1.82, 2.24) is 5.43 Å². The normalized spacial score (nSPS) is 10.3. The Labute approximate surface area is 173 Å². The second-order valence-electron chi connectivity index (χ2n) is 5.68. The van der Waals surface area contributed by atoms with Crippen LogP contribution in [0.15, 0.2) is 35.4 Å². The number of carbonyl (C=O) groups excluding carboxylic acids is 2. The first-order valence-electron chi connectivity index (χ1n) is 8.63. The number of hydrogen-bond donors (Lipinski definition) is 2. The number of benzene rings is 2. The molecule has 0 aromatic heterocycles. The van der Waals surface area contributed by atoms with E-state index < -0.39 is 11.8 Å². The molecule has 30 heavy (non-hydrogen) atoms. The minimum absolute atomic E-state index is 0.312. The number of carbonyl (C=O) groups is 2. The molecule has 2 amide bonds. The summed E-state index contributed by atoms with van der Waals surface area (Å²) in [6.07, 6.45) is 1.34. The predicted octanol–water partition coefficient (Wildman–Crippen LogP) is 1.82. The van der Waals surface area contributed by atoms with Crippen molar-refractivity contribution in [2.45, 2.75) is 0 Å². The summed E-state index contributed by atoms with van der Waals surface area (Å²) < 4.78 is 26.0. The molecule has 10 heteroatoms. The number of rotatable bonds is 8.